The number of carbonyl (C=O) groups excluding carboxylic acids is 1. The summed E-state index contributed by atoms with van der Waals surface area (Å²) >= 11 is 0. The van der Waals surface area contributed by atoms with E-state index in [1.165, 1.54) is 42.9 Å². The summed E-state index contributed by atoms with van der Waals surface area (Å²) in [5.41, 5.74) is 4.28. The highest BCUT2D eigenvalue weighted by molar-refractivity contribution is 7.90. The number of nitro groups is 1. The van der Waals surface area contributed by atoms with Gasteiger partial charge in [0, 0.05) is 79.8 Å². The van der Waals surface area contributed by atoms with Crippen LogP contribution in [0, 0.1) is 22.5 Å². The van der Waals surface area contributed by atoms with E-state index in [9.17, 15) is 23.3 Å². The molecule has 64 heavy (non-hydrogen) atoms. The molecular weight excluding hydrogens is 837 g/mol. The second kappa shape index (κ2) is 16.0. The molecule has 7 heterocycles. The highest BCUT2D eigenvalue weighted by Crippen LogP contribution is 2.54. The Kier molecular flexibility index (Phi) is 10.3. The Morgan fingerprint density at radius 2 is 1.89 bits per heavy atom. The van der Waals surface area contributed by atoms with Gasteiger partial charge in [-0.25, -0.2) is 18.1 Å². The molecular formula is C47H52N8O8S. The van der Waals surface area contributed by atoms with E-state index in [1.807, 2.05) is 12.1 Å². The molecule has 2 aromatic heterocycles. The van der Waals surface area contributed by atoms with Crippen molar-refractivity contribution in [2.45, 2.75) is 87.0 Å². The number of piperidine rings is 1. The van der Waals surface area contributed by atoms with Gasteiger partial charge >= 0.3 is 0 Å². The van der Waals surface area contributed by atoms with Gasteiger partial charge in [-0.05, 0) is 99.2 Å². The van der Waals surface area contributed by atoms with Gasteiger partial charge in [0.2, 0.25) is 0 Å². The van der Waals surface area contributed by atoms with Crippen LogP contribution in [-0.2, 0) is 14.8 Å². The number of hydrogen-bond acceptors (Lipinski definition) is 13. The number of anilines is 2. The lowest BCUT2D eigenvalue weighted by Crippen LogP contribution is -2.54. The van der Waals surface area contributed by atoms with Crippen molar-refractivity contribution in [3.63, 3.8) is 0 Å². The van der Waals surface area contributed by atoms with Crippen LogP contribution in [0.5, 0.6) is 17.2 Å². The number of rotatable bonds is 11. The summed E-state index contributed by atoms with van der Waals surface area (Å²) in [7, 11) is -4.64. The van der Waals surface area contributed by atoms with Gasteiger partial charge < -0.3 is 29.4 Å². The number of benzene rings is 3. The zero-order valence-corrected chi connectivity index (χ0v) is 36.5. The van der Waals surface area contributed by atoms with Crippen LogP contribution in [0.3, 0.4) is 0 Å². The van der Waals surface area contributed by atoms with Gasteiger partial charge in [0.1, 0.15) is 23.8 Å². The SMILES string of the molecule is Cc1ccccc1[C@@H]1CCCN1C1CC2(CCN(c3ccc(C(=O)NS(=O)(=O)c4cc5c(c([N+](=O)[O-])c4)N[C@@H](CN4C[C@H]6C[C@@H]4CO6)CO5)c(Oc4cnc5[nH]ccc5c4)c3)CC2)C1. The van der Waals surface area contributed by atoms with E-state index in [-0.39, 0.29) is 41.5 Å². The number of likely N-dealkylation sites (tertiary alicyclic amines) is 2. The molecule has 17 heteroatoms. The first-order valence-electron chi connectivity index (χ1n) is 22.4. The predicted octanol–water partition coefficient (Wildman–Crippen LogP) is 6.92. The maximum Gasteiger partial charge on any atom is 0.297 e. The molecule has 334 valence electrons. The van der Waals surface area contributed by atoms with Gasteiger partial charge in [-0.1, -0.05) is 24.3 Å². The van der Waals surface area contributed by atoms with E-state index >= 15 is 0 Å². The molecule has 5 aromatic rings. The highest BCUT2D eigenvalue weighted by atomic mass is 32.2. The third-order valence-electron chi connectivity index (χ3n) is 14.7. The summed E-state index contributed by atoms with van der Waals surface area (Å²) in [4.78, 5) is 40.2. The van der Waals surface area contributed by atoms with Crippen molar-refractivity contribution in [3.05, 3.63) is 106 Å². The van der Waals surface area contributed by atoms with Gasteiger partial charge in [-0.2, -0.15) is 0 Å². The number of aromatic nitrogens is 2. The summed E-state index contributed by atoms with van der Waals surface area (Å²) in [5, 5.41) is 16.4. The Morgan fingerprint density at radius 1 is 1.05 bits per heavy atom. The number of aromatic amines is 1. The van der Waals surface area contributed by atoms with Crippen LogP contribution >= 0.6 is 0 Å². The minimum atomic E-state index is -4.64. The second-order valence-corrected chi connectivity index (χ2v) is 20.3. The quantitative estimate of drug-likeness (QED) is 0.0918. The third-order valence-corrected chi connectivity index (χ3v) is 16.0. The number of morpholine rings is 1. The van der Waals surface area contributed by atoms with E-state index in [4.69, 9.17) is 14.2 Å². The van der Waals surface area contributed by atoms with Crippen LogP contribution in [0.4, 0.5) is 17.1 Å². The molecule has 11 rings (SSSR count). The van der Waals surface area contributed by atoms with E-state index < -0.39 is 31.4 Å². The Hall–Kier alpha value is -5.75. The van der Waals surface area contributed by atoms with Crippen molar-refractivity contribution in [1.29, 1.82) is 0 Å². The molecule has 1 amide bonds. The molecule has 1 aliphatic carbocycles. The number of ether oxygens (including phenoxy) is 3. The normalized spacial score (nSPS) is 24.3. The zero-order valence-electron chi connectivity index (χ0n) is 35.7. The van der Waals surface area contributed by atoms with Crippen LogP contribution in [0.1, 0.15) is 72.5 Å². The molecule has 16 nitrogen and oxygen atoms in total. The number of pyridine rings is 1. The molecule has 5 aliphatic heterocycles. The maximum atomic E-state index is 14.1. The van der Waals surface area contributed by atoms with Crippen LogP contribution < -0.4 is 24.4 Å². The number of nitro benzene ring substituents is 1. The third kappa shape index (κ3) is 7.61. The first-order valence-corrected chi connectivity index (χ1v) is 23.9. The van der Waals surface area contributed by atoms with Crippen LogP contribution in [0.15, 0.2) is 84.0 Å². The first-order chi connectivity index (χ1) is 31.0. The molecule has 5 fully saturated rings. The molecule has 1 saturated carbocycles. The minimum Gasteiger partial charge on any atom is -0.489 e. The predicted molar refractivity (Wildman–Crippen MR) is 240 cm³/mol. The van der Waals surface area contributed by atoms with Crippen molar-refractivity contribution in [2.24, 2.45) is 5.41 Å². The minimum absolute atomic E-state index is 0.0221. The smallest absolute Gasteiger partial charge is 0.297 e. The lowest BCUT2D eigenvalue weighted by Gasteiger charge is -2.56. The summed E-state index contributed by atoms with van der Waals surface area (Å²) in [6.45, 7) is 7.29. The first kappa shape index (κ1) is 41.0. The molecule has 1 spiro atoms. The highest BCUT2D eigenvalue weighted by Gasteiger charge is 2.50. The summed E-state index contributed by atoms with van der Waals surface area (Å²) in [5.74, 6) is -0.419. The number of H-pyrrole nitrogens is 1. The Balaban J connectivity index is 0.803. The van der Waals surface area contributed by atoms with Crippen molar-refractivity contribution in [1.82, 2.24) is 24.5 Å². The van der Waals surface area contributed by atoms with Crippen molar-refractivity contribution in [3.8, 4) is 17.2 Å². The fourth-order valence-electron chi connectivity index (χ4n) is 11.3. The van der Waals surface area contributed by atoms with Crippen molar-refractivity contribution in [2.75, 3.05) is 56.2 Å². The number of fused-ring (bicyclic) bond motifs is 4. The average molecular weight is 889 g/mol. The average Bonchev–Trinajstić information content (AvgIpc) is 4.12. The summed E-state index contributed by atoms with van der Waals surface area (Å²) in [6, 6.07) is 20.9. The molecule has 0 radical (unpaired) electrons. The molecule has 4 atom stereocenters. The fraction of sp³-hybridized carbons (Fsp3) is 0.447. The molecule has 0 unspecified atom stereocenters. The van der Waals surface area contributed by atoms with Gasteiger partial charge in [0.15, 0.2) is 11.4 Å². The van der Waals surface area contributed by atoms with Crippen molar-refractivity contribution >= 4 is 44.0 Å². The second-order valence-electron chi connectivity index (χ2n) is 18.6. The van der Waals surface area contributed by atoms with Gasteiger partial charge in [0.05, 0.1) is 40.3 Å². The fourth-order valence-corrected chi connectivity index (χ4v) is 12.3. The molecule has 2 bridgehead atoms. The summed E-state index contributed by atoms with van der Waals surface area (Å²) < 4.78 is 48.1. The Bertz CT molecular complexity index is 2750. The van der Waals surface area contributed by atoms with E-state index in [0.29, 0.717) is 48.1 Å². The number of aryl methyl sites for hydroxylation is 1. The summed E-state index contributed by atoms with van der Waals surface area (Å²) in [6.07, 6.45) is 11.4. The monoisotopic (exact) mass is 888 g/mol. The zero-order chi connectivity index (χ0) is 43.7. The van der Waals surface area contributed by atoms with E-state index in [1.54, 1.807) is 30.6 Å². The maximum absolute atomic E-state index is 14.1. The van der Waals surface area contributed by atoms with E-state index in [0.717, 1.165) is 62.6 Å². The molecule has 6 aliphatic rings. The van der Waals surface area contributed by atoms with Gasteiger partial charge in [0.25, 0.3) is 21.6 Å². The topological polar surface area (TPSA) is 184 Å². The Morgan fingerprint density at radius 3 is 2.67 bits per heavy atom. The van der Waals surface area contributed by atoms with Crippen LogP contribution in [0.25, 0.3) is 11.0 Å². The van der Waals surface area contributed by atoms with E-state index in [2.05, 4.69) is 65.9 Å². The number of nitrogens with zero attached hydrogens (tertiary/aromatic N) is 5. The number of carbonyl (C=O) groups is 1. The van der Waals surface area contributed by atoms with Crippen LogP contribution in [0.2, 0.25) is 0 Å². The standard InChI is InChI=1S/C47H52N8O8S/c1-29-5-2-3-6-38(29)40-7-4-14-54(40)34-22-47(23-34)11-15-52(16-12-47)32-8-9-39(42(19-32)63-35-17-30-10-13-48-45(30)49-24-35)46(56)51-64(59,60)37-20-41(55(57)58)44-43(21-37)62-27-31(50-44)25-53-26-36-18-33(53)28-61-36/h2-3,5-6,8-10,13,17,19-21,24,31,33-34,36,40,50H,4,7,11-12,14-16,18,22-23,25-28H2,1H3,(H,48,49)(H,51,56)/t31-,33+,36+,40-/m0/s1. The number of amides is 1. The number of sulfonamides is 1. The van der Waals surface area contributed by atoms with Crippen LogP contribution in [-0.4, -0.2) is 109 Å². The largest absolute Gasteiger partial charge is 0.489 e. The molecule has 3 aromatic carbocycles. The number of hydrogen-bond donors (Lipinski definition) is 3. The lowest BCUT2D eigenvalue weighted by atomic mass is 9.59. The Labute approximate surface area is 371 Å². The van der Waals surface area contributed by atoms with Gasteiger partial charge in [-0.3, -0.25) is 24.7 Å². The molecule has 3 N–H and O–H groups in total. The number of nitrogens with one attached hydrogen (secondary N) is 3. The lowest BCUT2D eigenvalue weighted by molar-refractivity contribution is -0.384. The molecule has 4 saturated heterocycles. The van der Waals surface area contributed by atoms with Crippen molar-refractivity contribution < 1.29 is 32.3 Å². The van der Waals surface area contributed by atoms with Gasteiger partial charge in [-0.15, -0.1) is 0 Å².